The monoisotopic (exact) mass is 173 g/mol. The fourth-order valence-corrected chi connectivity index (χ4v) is 1.05. The van der Waals surface area contributed by atoms with Crippen molar-refractivity contribution in [3.63, 3.8) is 0 Å². The highest BCUT2D eigenvalue weighted by Gasteiger charge is 2.01. The van der Waals surface area contributed by atoms with Crippen LogP contribution in [-0.2, 0) is 0 Å². The molecule has 0 saturated carbocycles. The number of aromatic nitrogens is 3. The Kier molecular flexibility index (Phi) is 1.88. The van der Waals surface area contributed by atoms with Crippen LogP contribution in [0.5, 0.6) is 0 Å². The van der Waals surface area contributed by atoms with Gasteiger partial charge in [0.15, 0.2) is 6.29 Å². The van der Waals surface area contributed by atoms with Crippen LogP contribution in [0.2, 0.25) is 0 Å². The van der Waals surface area contributed by atoms with Crippen LogP contribution in [0.4, 0.5) is 0 Å². The van der Waals surface area contributed by atoms with Gasteiger partial charge >= 0.3 is 0 Å². The highest BCUT2D eigenvalue weighted by molar-refractivity contribution is 5.73. The smallest absolute Gasteiger partial charge is 0.170 e. The first-order chi connectivity index (χ1) is 6.40. The van der Waals surface area contributed by atoms with Crippen molar-refractivity contribution in [2.24, 2.45) is 0 Å². The molecule has 2 aromatic rings. The number of aldehydes is 1. The molecule has 0 unspecified atom stereocenters. The van der Waals surface area contributed by atoms with Crippen LogP contribution in [0.1, 0.15) is 10.5 Å². The lowest BCUT2D eigenvalue weighted by Crippen LogP contribution is -1.82. The average Bonchev–Trinajstić information content (AvgIpc) is 2.67. The van der Waals surface area contributed by atoms with E-state index in [1.165, 1.54) is 0 Å². The van der Waals surface area contributed by atoms with Crippen molar-refractivity contribution < 1.29 is 4.79 Å². The maximum atomic E-state index is 10.4. The molecule has 1 N–H and O–H groups in total. The number of imidazole rings is 1. The van der Waals surface area contributed by atoms with E-state index in [1.807, 2.05) is 12.1 Å². The van der Waals surface area contributed by atoms with Gasteiger partial charge in [-0.1, -0.05) is 0 Å². The largest absolute Gasteiger partial charge is 0.344 e. The van der Waals surface area contributed by atoms with Gasteiger partial charge in [0.05, 0.1) is 0 Å². The van der Waals surface area contributed by atoms with E-state index in [2.05, 4.69) is 15.0 Å². The Hall–Kier alpha value is -1.97. The average molecular weight is 173 g/mol. The summed E-state index contributed by atoms with van der Waals surface area (Å²) < 4.78 is 0. The molecule has 0 amide bonds. The lowest BCUT2D eigenvalue weighted by molar-refractivity contribution is 0.111. The number of carbonyl (C=O) groups is 1. The summed E-state index contributed by atoms with van der Waals surface area (Å²) >= 11 is 0. The van der Waals surface area contributed by atoms with E-state index in [0.717, 1.165) is 5.56 Å². The Morgan fingerprint density at radius 1 is 1.46 bits per heavy atom. The molecule has 0 radical (unpaired) electrons. The zero-order valence-electron chi connectivity index (χ0n) is 6.77. The molecule has 13 heavy (non-hydrogen) atoms. The summed E-state index contributed by atoms with van der Waals surface area (Å²) in [6, 6.07) is 3.69. The Morgan fingerprint density at radius 3 is 3.00 bits per heavy atom. The summed E-state index contributed by atoms with van der Waals surface area (Å²) in [5.41, 5.74) is 1.27. The lowest BCUT2D eigenvalue weighted by Gasteiger charge is -1.92. The van der Waals surface area contributed by atoms with Crippen LogP contribution in [0.25, 0.3) is 11.4 Å². The molecule has 0 spiro atoms. The molecule has 4 heteroatoms. The summed E-state index contributed by atoms with van der Waals surface area (Å²) in [4.78, 5) is 21.2. The number of hydrogen-bond acceptors (Lipinski definition) is 3. The molecule has 4 nitrogen and oxygen atoms in total. The molecular weight excluding hydrogens is 166 g/mol. The maximum absolute atomic E-state index is 10.4. The van der Waals surface area contributed by atoms with Gasteiger partial charge in [-0.05, 0) is 12.1 Å². The second kappa shape index (κ2) is 3.18. The highest BCUT2D eigenvalue weighted by Crippen LogP contribution is 2.12. The van der Waals surface area contributed by atoms with E-state index in [9.17, 15) is 4.79 Å². The molecule has 0 bridgehead atoms. The van der Waals surface area contributed by atoms with Gasteiger partial charge in [0, 0.05) is 24.2 Å². The molecule has 2 heterocycles. The van der Waals surface area contributed by atoms with Crippen LogP contribution < -0.4 is 0 Å². The molecule has 0 aliphatic carbocycles. The third-order valence-electron chi connectivity index (χ3n) is 1.65. The van der Waals surface area contributed by atoms with Crippen molar-refractivity contribution >= 4 is 6.29 Å². The van der Waals surface area contributed by atoms with Crippen molar-refractivity contribution in [1.82, 2.24) is 15.0 Å². The summed E-state index contributed by atoms with van der Waals surface area (Å²) in [5, 5.41) is 0. The first-order valence-electron chi connectivity index (χ1n) is 3.81. The van der Waals surface area contributed by atoms with Gasteiger partial charge in [0.25, 0.3) is 0 Å². The fourth-order valence-electron chi connectivity index (χ4n) is 1.05. The number of rotatable bonds is 2. The molecule has 0 aromatic carbocycles. The predicted molar refractivity (Wildman–Crippen MR) is 47.2 cm³/mol. The van der Waals surface area contributed by atoms with Crippen molar-refractivity contribution in [3.8, 4) is 11.4 Å². The number of carbonyl (C=O) groups excluding carboxylic acids is 1. The van der Waals surface area contributed by atoms with E-state index in [1.54, 1.807) is 18.6 Å². The van der Waals surface area contributed by atoms with Gasteiger partial charge < -0.3 is 4.98 Å². The topological polar surface area (TPSA) is 58.6 Å². The number of H-pyrrole nitrogens is 1. The van der Waals surface area contributed by atoms with Crippen molar-refractivity contribution in [3.05, 3.63) is 36.4 Å². The van der Waals surface area contributed by atoms with Crippen LogP contribution >= 0.6 is 0 Å². The molecule has 0 aliphatic heterocycles. The number of aromatic amines is 1. The zero-order valence-corrected chi connectivity index (χ0v) is 6.77. The third-order valence-corrected chi connectivity index (χ3v) is 1.65. The summed E-state index contributed by atoms with van der Waals surface area (Å²) in [7, 11) is 0. The van der Waals surface area contributed by atoms with E-state index >= 15 is 0 Å². The Bertz CT molecular complexity index is 408. The molecular formula is C9H7N3O. The normalized spacial score (nSPS) is 9.85. The van der Waals surface area contributed by atoms with Crippen LogP contribution in [0.3, 0.4) is 0 Å². The van der Waals surface area contributed by atoms with Gasteiger partial charge in [0.1, 0.15) is 11.5 Å². The Morgan fingerprint density at radius 2 is 2.38 bits per heavy atom. The Balaban J connectivity index is 2.41. The maximum Gasteiger partial charge on any atom is 0.170 e. The molecule has 0 saturated heterocycles. The summed E-state index contributed by atoms with van der Waals surface area (Å²) in [6.07, 6.45) is 5.65. The van der Waals surface area contributed by atoms with Crippen LogP contribution in [0, 0.1) is 0 Å². The van der Waals surface area contributed by atoms with Gasteiger partial charge in [-0.25, -0.2) is 4.98 Å². The second-order valence-electron chi connectivity index (χ2n) is 2.53. The minimum atomic E-state index is 0.402. The van der Waals surface area contributed by atoms with Gasteiger partial charge in [0.2, 0.25) is 0 Å². The minimum absolute atomic E-state index is 0.402. The van der Waals surface area contributed by atoms with Crippen LogP contribution in [0.15, 0.2) is 30.7 Å². The van der Waals surface area contributed by atoms with Crippen molar-refractivity contribution in [2.75, 3.05) is 0 Å². The highest BCUT2D eigenvalue weighted by atomic mass is 16.1. The standard InChI is InChI=1S/C9H7N3O/c13-6-8-5-11-9(12-8)7-2-1-3-10-4-7/h1-6H,(H,11,12). The number of pyridine rings is 1. The fraction of sp³-hybridized carbons (Fsp3) is 0. The quantitative estimate of drug-likeness (QED) is 0.696. The number of hydrogen-bond donors (Lipinski definition) is 1. The molecule has 2 rings (SSSR count). The molecule has 0 aliphatic rings. The molecule has 0 fully saturated rings. The van der Waals surface area contributed by atoms with Crippen molar-refractivity contribution in [2.45, 2.75) is 0 Å². The summed E-state index contributed by atoms with van der Waals surface area (Å²) in [6.45, 7) is 0. The van der Waals surface area contributed by atoms with Crippen LogP contribution in [-0.4, -0.2) is 21.2 Å². The third kappa shape index (κ3) is 1.46. The van der Waals surface area contributed by atoms with E-state index in [4.69, 9.17) is 0 Å². The first kappa shape index (κ1) is 7.67. The number of nitrogens with zero attached hydrogens (tertiary/aromatic N) is 2. The summed E-state index contributed by atoms with van der Waals surface area (Å²) in [5.74, 6) is 0.662. The minimum Gasteiger partial charge on any atom is -0.344 e. The van der Waals surface area contributed by atoms with E-state index < -0.39 is 0 Å². The Labute approximate surface area is 74.7 Å². The molecule has 2 aromatic heterocycles. The first-order valence-corrected chi connectivity index (χ1v) is 3.81. The molecule has 64 valence electrons. The van der Waals surface area contributed by atoms with Crippen molar-refractivity contribution in [1.29, 1.82) is 0 Å². The van der Waals surface area contributed by atoms with Gasteiger partial charge in [-0.15, -0.1) is 0 Å². The SMILES string of the molecule is O=Cc1c[nH]c(-c2cccnc2)n1. The van der Waals surface area contributed by atoms with Gasteiger partial charge in [-0.3, -0.25) is 9.78 Å². The molecule has 0 atom stereocenters. The number of nitrogens with one attached hydrogen (secondary N) is 1. The van der Waals surface area contributed by atoms with E-state index in [0.29, 0.717) is 17.8 Å². The predicted octanol–water partition coefficient (Wildman–Crippen LogP) is 1.28. The van der Waals surface area contributed by atoms with Gasteiger partial charge in [-0.2, -0.15) is 0 Å². The van der Waals surface area contributed by atoms with E-state index in [-0.39, 0.29) is 0 Å². The lowest BCUT2D eigenvalue weighted by atomic mass is 10.3. The second-order valence-corrected chi connectivity index (χ2v) is 2.53. The zero-order chi connectivity index (χ0) is 9.10.